The lowest BCUT2D eigenvalue weighted by molar-refractivity contribution is -0.139. The van der Waals surface area contributed by atoms with Crippen LogP contribution in [0.25, 0.3) is 44.1 Å². The Morgan fingerprint density at radius 1 is 0.600 bits per heavy atom. The van der Waals surface area contributed by atoms with Crippen molar-refractivity contribution in [2.24, 2.45) is 0 Å². The molecule has 0 saturated carbocycles. The molecule has 4 aliphatic heterocycles. The molecule has 0 spiro atoms. The highest BCUT2D eigenvalue weighted by atomic mass is 35.5. The number of halogens is 2. The Bertz CT molecular complexity index is 2580. The number of nitrogens with zero attached hydrogens (tertiary/aromatic N) is 6. The zero-order chi connectivity index (χ0) is 41.3. The Balaban J connectivity index is 0.000000154. The summed E-state index contributed by atoms with van der Waals surface area (Å²) in [4.78, 5) is 38.5. The molecule has 10 rings (SSSR count). The lowest BCUT2D eigenvalue weighted by Crippen LogP contribution is -2.50. The Morgan fingerprint density at radius 3 is 1.42 bits per heavy atom. The highest BCUT2D eigenvalue weighted by molar-refractivity contribution is 6.31. The molecular formula is C46H38Cl2N8O4. The van der Waals surface area contributed by atoms with E-state index in [1.807, 2.05) is 58.3 Å². The molecule has 0 aliphatic carbocycles. The molecule has 300 valence electrons. The molecule has 6 heterocycles. The van der Waals surface area contributed by atoms with E-state index >= 15 is 0 Å². The van der Waals surface area contributed by atoms with E-state index in [0.717, 1.165) is 81.4 Å². The van der Waals surface area contributed by atoms with Gasteiger partial charge in [-0.25, -0.2) is 0 Å². The van der Waals surface area contributed by atoms with Crippen LogP contribution in [0.2, 0.25) is 10.0 Å². The first-order chi connectivity index (χ1) is 29.3. The molecule has 12 nitrogen and oxygen atoms in total. The summed E-state index contributed by atoms with van der Waals surface area (Å²) in [5, 5.41) is 27.9. The minimum Gasteiger partial charge on any atom is -0.479 e. The number of hydrogen-bond acceptors (Lipinski definition) is 10. The number of piperazine rings is 2. The van der Waals surface area contributed by atoms with Gasteiger partial charge >= 0.3 is 0 Å². The predicted octanol–water partition coefficient (Wildman–Crippen LogP) is 6.32. The maximum absolute atomic E-state index is 13.0. The van der Waals surface area contributed by atoms with Crippen molar-refractivity contribution in [1.82, 2.24) is 30.4 Å². The maximum Gasteiger partial charge on any atom is 0.264 e. The number of ether oxygens (including phenoxy) is 2. The number of aromatic nitrogens is 2. The molecule has 2 fully saturated rings. The molecular weight excluding hydrogens is 799 g/mol. The number of nitrogens with one attached hydrogen (secondary N) is 2. The van der Waals surface area contributed by atoms with E-state index in [2.05, 4.69) is 32.7 Å². The van der Waals surface area contributed by atoms with Gasteiger partial charge in [0, 0.05) is 121 Å². The van der Waals surface area contributed by atoms with Crippen LogP contribution in [0, 0.1) is 22.7 Å². The fraction of sp³-hybridized carbons (Fsp3) is 0.261. The van der Waals surface area contributed by atoms with Crippen LogP contribution in [0.4, 0.5) is 0 Å². The summed E-state index contributed by atoms with van der Waals surface area (Å²) in [5.41, 5.74) is 7.95. The first kappa shape index (κ1) is 39.2. The van der Waals surface area contributed by atoms with Gasteiger partial charge in [-0.3, -0.25) is 19.6 Å². The van der Waals surface area contributed by atoms with Crippen molar-refractivity contribution in [2.45, 2.75) is 25.0 Å². The number of amides is 2. The van der Waals surface area contributed by atoms with E-state index in [1.54, 1.807) is 36.7 Å². The number of pyridine rings is 2. The van der Waals surface area contributed by atoms with Gasteiger partial charge in [0.1, 0.15) is 11.5 Å². The molecule has 60 heavy (non-hydrogen) atoms. The molecule has 2 atom stereocenters. The van der Waals surface area contributed by atoms with Crippen LogP contribution in [-0.4, -0.2) is 96.1 Å². The zero-order valence-corrected chi connectivity index (χ0v) is 33.9. The van der Waals surface area contributed by atoms with Crippen LogP contribution >= 0.6 is 23.2 Å². The largest absolute Gasteiger partial charge is 0.479 e. The smallest absolute Gasteiger partial charge is 0.264 e. The second-order valence-electron chi connectivity index (χ2n) is 15.1. The van der Waals surface area contributed by atoms with Gasteiger partial charge in [-0.1, -0.05) is 35.3 Å². The van der Waals surface area contributed by atoms with Gasteiger partial charge < -0.3 is 29.9 Å². The molecule has 0 unspecified atom stereocenters. The number of carbonyl (C=O) groups is 2. The van der Waals surface area contributed by atoms with Crippen molar-refractivity contribution < 1.29 is 19.1 Å². The maximum atomic E-state index is 13.0. The fourth-order valence-electron chi connectivity index (χ4n) is 8.41. The normalized spacial score (nSPS) is 18.0. The lowest BCUT2D eigenvalue weighted by Gasteiger charge is -2.29. The molecule has 0 bridgehead atoms. The van der Waals surface area contributed by atoms with Crippen LogP contribution < -0.4 is 20.1 Å². The SMILES string of the molecule is N#Cc1ccc2c(-c3cc(Cl)cc4c3O[C@@H](C(=O)N3CCNCC3)C4)ccnc2c1.N#Cc1ccc2c(-c3cc(Cl)cc4c3O[C@H](C(=O)N3CCNCC3)C4)ccnc2c1. The van der Waals surface area contributed by atoms with Crippen LogP contribution in [0.1, 0.15) is 22.3 Å². The Labute approximate surface area is 356 Å². The van der Waals surface area contributed by atoms with Crippen molar-refractivity contribution >= 4 is 56.8 Å². The van der Waals surface area contributed by atoms with Crippen molar-refractivity contribution in [2.75, 3.05) is 52.4 Å². The minimum absolute atomic E-state index is 0.0213. The highest BCUT2D eigenvalue weighted by Gasteiger charge is 2.36. The summed E-state index contributed by atoms with van der Waals surface area (Å²) in [5.74, 6) is 1.44. The molecule has 2 N–H and O–H groups in total. The van der Waals surface area contributed by atoms with Crippen LogP contribution in [-0.2, 0) is 22.4 Å². The molecule has 4 aliphatic rings. The first-order valence-corrected chi connectivity index (χ1v) is 20.6. The number of carbonyl (C=O) groups excluding carboxylic acids is 2. The monoisotopic (exact) mass is 836 g/mol. The van der Waals surface area contributed by atoms with Gasteiger partial charge in [-0.2, -0.15) is 10.5 Å². The lowest BCUT2D eigenvalue weighted by atomic mass is 9.97. The molecule has 2 amide bonds. The third-order valence-electron chi connectivity index (χ3n) is 11.3. The summed E-state index contributed by atoms with van der Waals surface area (Å²) < 4.78 is 12.4. The van der Waals surface area contributed by atoms with Crippen molar-refractivity contribution in [3.05, 3.63) is 117 Å². The van der Waals surface area contributed by atoms with E-state index in [4.69, 9.17) is 32.7 Å². The van der Waals surface area contributed by atoms with Crippen LogP contribution in [0.3, 0.4) is 0 Å². The summed E-state index contributed by atoms with van der Waals surface area (Å²) in [7, 11) is 0. The zero-order valence-electron chi connectivity index (χ0n) is 32.4. The van der Waals surface area contributed by atoms with Gasteiger partial charge in [0.2, 0.25) is 0 Å². The van der Waals surface area contributed by atoms with Crippen molar-refractivity contribution in [3.8, 4) is 45.9 Å². The quantitative estimate of drug-likeness (QED) is 0.206. The van der Waals surface area contributed by atoms with Gasteiger partial charge in [-0.05, 0) is 71.8 Å². The third kappa shape index (κ3) is 7.67. The predicted molar refractivity (Wildman–Crippen MR) is 229 cm³/mol. The van der Waals surface area contributed by atoms with E-state index in [0.29, 0.717) is 71.7 Å². The Kier molecular flexibility index (Phi) is 11.0. The van der Waals surface area contributed by atoms with Crippen LogP contribution in [0.15, 0.2) is 85.2 Å². The van der Waals surface area contributed by atoms with E-state index < -0.39 is 12.2 Å². The standard InChI is InChI=1S/2C23H19ClN4O2/c2*24-16-10-15-11-21(23(29)28-7-5-26-6-8-28)30-22(15)19(12-16)17-3-4-27-20-9-14(13-25)1-2-18(17)20/h2*1-4,9-10,12,21,26H,5-8,11H2/t2*21-/m10/s1. The van der Waals surface area contributed by atoms with E-state index in [-0.39, 0.29) is 11.8 Å². The fourth-order valence-corrected chi connectivity index (χ4v) is 8.89. The second kappa shape index (κ2) is 16.8. The number of nitriles is 2. The number of fused-ring (bicyclic) bond motifs is 4. The van der Waals surface area contributed by atoms with Gasteiger partial charge in [0.05, 0.1) is 34.3 Å². The van der Waals surface area contributed by atoms with Gasteiger partial charge in [0.15, 0.2) is 12.2 Å². The van der Waals surface area contributed by atoms with E-state index in [9.17, 15) is 20.1 Å². The third-order valence-corrected chi connectivity index (χ3v) is 11.8. The summed E-state index contributed by atoms with van der Waals surface area (Å²) in [6.45, 7) is 5.98. The Morgan fingerprint density at radius 2 is 1.02 bits per heavy atom. The molecule has 0 radical (unpaired) electrons. The molecule has 6 aromatic rings. The Hall–Kier alpha value is -6.28. The highest BCUT2D eigenvalue weighted by Crippen LogP contribution is 2.45. The molecule has 2 aromatic heterocycles. The topological polar surface area (TPSA) is 156 Å². The van der Waals surface area contributed by atoms with Crippen molar-refractivity contribution in [3.63, 3.8) is 0 Å². The van der Waals surface area contributed by atoms with Crippen LogP contribution in [0.5, 0.6) is 11.5 Å². The number of rotatable bonds is 4. The molecule has 4 aromatic carbocycles. The average molecular weight is 838 g/mol. The minimum atomic E-state index is -0.534. The summed E-state index contributed by atoms with van der Waals surface area (Å²) in [6, 6.07) is 26.5. The second-order valence-corrected chi connectivity index (χ2v) is 15.9. The van der Waals surface area contributed by atoms with Crippen molar-refractivity contribution in [1.29, 1.82) is 10.5 Å². The summed E-state index contributed by atoms with van der Waals surface area (Å²) >= 11 is 12.9. The van der Waals surface area contributed by atoms with Gasteiger partial charge in [-0.15, -0.1) is 0 Å². The molecule has 2 saturated heterocycles. The number of hydrogen-bond donors (Lipinski definition) is 2. The number of benzene rings is 4. The molecule has 14 heteroatoms. The van der Waals surface area contributed by atoms with Gasteiger partial charge in [0.25, 0.3) is 11.8 Å². The first-order valence-electron chi connectivity index (χ1n) is 19.8. The van der Waals surface area contributed by atoms with E-state index in [1.165, 1.54) is 0 Å². The summed E-state index contributed by atoms with van der Waals surface area (Å²) in [6.07, 6.45) is 3.37. The average Bonchev–Trinajstić information content (AvgIpc) is 3.93.